The lowest BCUT2D eigenvalue weighted by Gasteiger charge is -2.17. The number of anilines is 1. The molecule has 0 aliphatic carbocycles. The van der Waals surface area contributed by atoms with Crippen LogP contribution in [-0.4, -0.2) is 17.1 Å². The van der Waals surface area contributed by atoms with Crippen LogP contribution in [0.25, 0.3) is 0 Å². The van der Waals surface area contributed by atoms with Crippen LogP contribution in [-0.2, 0) is 0 Å². The Morgan fingerprint density at radius 1 is 1.50 bits per heavy atom. The van der Waals surface area contributed by atoms with E-state index < -0.39 is 0 Å². The third-order valence-corrected chi connectivity index (χ3v) is 3.01. The zero-order valence-corrected chi connectivity index (χ0v) is 11.3. The minimum atomic E-state index is 0.191. The van der Waals surface area contributed by atoms with Crippen LogP contribution in [0.2, 0.25) is 0 Å². The van der Waals surface area contributed by atoms with Gasteiger partial charge in [0.2, 0.25) is 0 Å². The predicted molar refractivity (Wildman–Crippen MR) is 74.9 cm³/mol. The average molecular weight is 333 g/mol. The average Bonchev–Trinajstić information content (AvgIpc) is 2.30. The van der Waals surface area contributed by atoms with E-state index in [1.807, 2.05) is 24.3 Å². The molecule has 0 saturated carbocycles. The summed E-state index contributed by atoms with van der Waals surface area (Å²) in [6, 6.07) is 8.32. The number of halogens is 1. The summed E-state index contributed by atoms with van der Waals surface area (Å²) in [6.45, 7) is 2.06. The van der Waals surface area contributed by atoms with Crippen molar-refractivity contribution in [3.8, 4) is 0 Å². The summed E-state index contributed by atoms with van der Waals surface area (Å²) in [5.41, 5.74) is 6.54. The summed E-state index contributed by atoms with van der Waals surface area (Å²) < 4.78 is 1.20. The van der Waals surface area contributed by atoms with Crippen LogP contribution in [0.15, 0.2) is 29.4 Å². The minimum absolute atomic E-state index is 0.191. The molecule has 0 aliphatic rings. The number of hydrogen-bond donors (Lipinski definition) is 3. The van der Waals surface area contributed by atoms with Crippen molar-refractivity contribution in [3.63, 3.8) is 0 Å². The SMILES string of the molecule is CCC(CC(N)=NO)Nc1ccc(I)cc1. The number of nitrogens with two attached hydrogens (primary N) is 1. The Kier molecular flexibility index (Phi) is 5.37. The van der Waals surface area contributed by atoms with E-state index in [1.165, 1.54) is 3.57 Å². The van der Waals surface area contributed by atoms with Crippen molar-refractivity contribution in [2.24, 2.45) is 10.9 Å². The van der Waals surface area contributed by atoms with Crippen LogP contribution in [0, 0.1) is 3.57 Å². The van der Waals surface area contributed by atoms with Gasteiger partial charge in [-0.25, -0.2) is 0 Å². The molecule has 0 aliphatic heterocycles. The van der Waals surface area contributed by atoms with Crippen molar-refractivity contribution in [3.05, 3.63) is 27.8 Å². The Morgan fingerprint density at radius 2 is 2.12 bits per heavy atom. The van der Waals surface area contributed by atoms with Crippen LogP contribution in [0.4, 0.5) is 5.69 Å². The lowest BCUT2D eigenvalue weighted by molar-refractivity contribution is 0.316. The molecule has 0 saturated heterocycles. The maximum Gasteiger partial charge on any atom is 0.141 e. The Bertz CT molecular complexity index is 351. The van der Waals surface area contributed by atoms with Gasteiger partial charge in [0.15, 0.2) is 0 Å². The van der Waals surface area contributed by atoms with Crippen molar-refractivity contribution >= 4 is 34.1 Å². The zero-order chi connectivity index (χ0) is 12.0. The fourth-order valence-electron chi connectivity index (χ4n) is 1.37. The predicted octanol–water partition coefficient (Wildman–Crippen LogP) is 2.62. The van der Waals surface area contributed by atoms with Crippen LogP contribution in [0.3, 0.4) is 0 Å². The maximum absolute atomic E-state index is 8.52. The molecule has 0 radical (unpaired) electrons. The van der Waals surface area contributed by atoms with E-state index in [4.69, 9.17) is 10.9 Å². The Hall–Kier alpha value is -0.980. The van der Waals surface area contributed by atoms with Crippen molar-refractivity contribution < 1.29 is 5.21 Å². The number of nitrogens with one attached hydrogen (secondary N) is 1. The molecule has 0 amide bonds. The molecule has 1 atom stereocenters. The molecule has 1 unspecified atom stereocenters. The standard InChI is InChI=1S/C11H16IN3O/c1-2-9(7-11(13)15-16)14-10-5-3-8(12)4-6-10/h3-6,9,14,16H,2,7H2,1H3,(H2,13,15). The lowest BCUT2D eigenvalue weighted by Crippen LogP contribution is -2.26. The summed E-state index contributed by atoms with van der Waals surface area (Å²) in [5, 5.41) is 14.8. The largest absolute Gasteiger partial charge is 0.409 e. The normalized spacial score (nSPS) is 13.5. The van der Waals surface area contributed by atoms with Gasteiger partial charge in [-0.15, -0.1) is 0 Å². The summed E-state index contributed by atoms with van der Waals surface area (Å²) >= 11 is 2.27. The molecule has 0 aromatic heterocycles. The van der Waals surface area contributed by atoms with Crippen molar-refractivity contribution in [1.82, 2.24) is 0 Å². The molecule has 0 spiro atoms. The third-order valence-electron chi connectivity index (χ3n) is 2.29. The lowest BCUT2D eigenvalue weighted by atomic mass is 10.1. The number of oxime groups is 1. The fraction of sp³-hybridized carbons (Fsp3) is 0.364. The fourth-order valence-corrected chi connectivity index (χ4v) is 1.73. The smallest absolute Gasteiger partial charge is 0.141 e. The minimum Gasteiger partial charge on any atom is -0.409 e. The third kappa shape index (κ3) is 4.26. The van der Waals surface area contributed by atoms with Gasteiger partial charge >= 0.3 is 0 Å². The molecule has 1 aromatic carbocycles. The molecule has 5 heteroatoms. The molecular weight excluding hydrogens is 317 g/mol. The van der Waals surface area contributed by atoms with Gasteiger partial charge in [-0.05, 0) is 53.3 Å². The molecular formula is C11H16IN3O. The molecule has 0 bridgehead atoms. The first kappa shape index (κ1) is 13.1. The number of benzene rings is 1. The van der Waals surface area contributed by atoms with Gasteiger partial charge in [0.25, 0.3) is 0 Å². The first-order chi connectivity index (χ1) is 7.65. The van der Waals surface area contributed by atoms with Crippen LogP contribution < -0.4 is 11.1 Å². The van der Waals surface area contributed by atoms with Crippen molar-refractivity contribution in [1.29, 1.82) is 0 Å². The van der Waals surface area contributed by atoms with Crippen LogP contribution >= 0.6 is 22.6 Å². The van der Waals surface area contributed by atoms with Gasteiger partial charge in [0, 0.05) is 21.7 Å². The number of rotatable bonds is 5. The molecule has 4 N–H and O–H groups in total. The Balaban J connectivity index is 2.59. The second-order valence-corrected chi connectivity index (χ2v) is 4.80. The van der Waals surface area contributed by atoms with Crippen LogP contribution in [0.5, 0.6) is 0 Å². The van der Waals surface area contributed by atoms with Gasteiger partial charge in [-0.1, -0.05) is 12.1 Å². The second-order valence-electron chi connectivity index (χ2n) is 3.55. The topological polar surface area (TPSA) is 70.6 Å². The molecule has 1 rings (SSSR count). The molecule has 0 heterocycles. The van der Waals surface area contributed by atoms with E-state index in [1.54, 1.807) is 0 Å². The quantitative estimate of drug-likeness (QED) is 0.255. The first-order valence-electron chi connectivity index (χ1n) is 5.14. The van der Waals surface area contributed by atoms with Crippen molar-refractivity contribution in [2.75, 3.05) is 5.32 Å². The van der Waals surface area contributed by atoms with Gasteiger partial charge in [0.05, 0.1) is 0 Å². The van der Waals surface area contributed by atoms with E-state index in [2.05, 4.69) is 40.0 Å². The molecule has 0 fully saturated rings. The monoisotopic (exact) mass is 333 g/mol. The molecule has 88 valence electrons. The van der Waals surface area contributed by atoms with Gasteiger partial charge in [-0.3, -0.25) is 0 Å². The van der Waals surface area contributed by atoms with Gasteiger partial charge in [0.1, 0.15) is 5.84 Å². The number of amidine groups is 1. The van der Waals surface area contributed by atoms with E-state index in [0.29, 0.717) is 6.42 Å². The summed E-state index contributed by atoms with van der Waals surface area (Å²) in [5.74, 6) is 0.255. The summed E-state index contributed by atoms with van der Waals surface area (Å²) in [4.78, 5) is 0. The number of nitrogens with zero attached hydrogens (tertiary/aromatic N) is 1. The van der Waals surface area contributed by atoms with E-state index in [-0.39, 0.29) is 11.9 Å². The molecule has 1 aromatic rings. The first-order valence-corrected chi connectivity index (χ1v) is 6.22. The van der Waals surface area contributed by atoms with E-state index in [0.717, 1.165) is 12.1 Å². The Morgan fingerprint density at radius 3 is 2.62 bits per heavy atom. The molecule has 16 heavy (non-hydrogen) atoms. The highest BCUT2D eigenvalue weighted by Crippen LogP contribution is 2.14. The van der Waals surface area contributed by atoms with Gasteiger partial charge in [-0.2, -0.15) is 0 Å². The number of hydrogen-bond acceptors (Lipinski definition) is 3. The highest BCUT2D eigenvalue weighted by Gasteiger charge is 2.08. The Labute approximate surface area is 109 Å². The highest BCUT2D eigenvalue weighted by atomic mass is 127. The highest BCUT2D eigenvalue weighted by molar-refractivity contribution is 14.1. The zero-order valence-electron chi connectivity index (χ0n) is 9.15. The van der Waals surface area contributed by atoms with Crippen LogP contribution in [0.1, 0.15) is 19.8 Å². The van der Waals surface area contributed by atoms with E-state index >= 15 is 0 Å². The summed E-state index contributed by atoms with van der Waals surface area (Å²) in [6.07, 6.45) is 1.46. The second kappa shape index (κ2) is 6.57. The van der Waals surface area contributed by atoms with E-state index in [9.17, 15) is 0 Å². The summed E-state index contributed by atoms with van der Waals surface area (Å²) in [7, 11) is 0. The van der Waals surface area contributed by atoms with Gasteiger partial charge < -0.3 is 16.3 Å². The molecule has 4 nitrogen and oxygen atoms in total. The maximum atomic E-state index is 8.52. The van der Waals surface area contributed by atoms with Crippen molar-refractivity contribution in [2.45, 2.75) is 25.8 Å².